The van der Waals surface area contributed by atoms with Crippen LogP contribution in [0.25, 0.3) is 0 Å². The highest BCUT2D eigenvalue weighted by Crippen LogP contribution is 2.34. The van der Waals surface area contributed by atoms with Crippen LogP contribution in [0.5, 0.6) is 17.2 Å². The first kappa shape index (κ1) is 16.9. The SMILES string of the molecule is NS(=O)(=O)c1ccc(OCCSc2ccc3c(c2)OCCO3)cc1. The Kier molecular flexibility index (Phi) is 5.17. The summed E-state index contributed by atoms with van der Waals surface area (Å²) in [4.78, 5) is 1.15. The highest BCUT2D eigenvalue weighted by atomic mass is 32.2. The van der Waals surface area contributed by atoms with Gasteiger partial charge in [-0.2, -0.15) is 0 Å². The van der Waals surface area contributed by atoms with Crippen molar-refractivity contribution in [1.29, 1.82) is 0 Å². The topological polar surface area (TPSA) is 87.9 Å². The van der Waals surface area contributed by atoms with Gasteiger partial charge in [0, 0.05) is 10.6 Å². The Morgan fingerprint density at radius 3 is 2.46 bits per heavy atom. The van der Waals surface area contributed by atoms with Crippen molar-refractivity contribution in [1.82, 2.24) is 0 Å². The summed E-state index contributed by atoms with van der Waals surface area (Å²) >= 11 is 1.64. The molecule has 0 unspecified atom stereocenters. The summed E-state index contributed by atoms with van der Waals surface area (Å²) in [7, 11) is -3.67. The van der Waals surface area contributed by atoms with Gasteiger partial charge in [-0.05, 0) is 42.5 Å². The third kappa shape index (κ3) is 4.34. The van der Waals surface area contributed by atoms with Crippen molar-refractivity contribution >= 4 is 21.8 Å². The second kappa shape index (κ2) is 7.33. The Balaban J connectivity index is 1.48. The third-order valence-corrected chi connectivity index (χ3v) is 5.17. The van der Waals surface area contributed by atoms with E-state index in [0.29, 0.717) is 25.6 Å². The van der Waals surface area contributed by atoms with E-state index >= 15 is 0 Å². The number of hydrogen-bond donors (Lipinski definition) is 1. The molecule has 1 aliphatic rings. The molecule has 8 heteroatoms. The van der Waals surface area contributed by atoms with Crippen molar-refractivity contribution in [3.05, 3.63) is 42.5 Å². The molecular weight excluding hydrogens is 350 g/mol. The van der Waals surface area contributed by atoms with E-state index in [0.717, 1.165) is 22.1 Å². The van der Waals surface area contributed by atoms with Crippen molar-refractivity contribution in [3.8, 4) is 17.2 Å². The van der Waals surface area contributed by atoms with Crippen LogP contribution in [0.1, 0.15) is 0 Å². The van der Waals surface area contributed by atoms with E-state index in [9.17, 15) is 8.42 Å². The number of fused-ring (bicyclic) bond motifs is 1. The van der Waals surface area contributed by atoms with Gasteiger partial charge in [0.25, 0.3) is 0 Å². The fourth-order valence-electron chi connectivity index (χ4n) is 2.16. The average molecular weight is 367 g/mol. The summed E-state index contributed by atoms with van der Waals surface area (Å²) in [6, 6.07) is 11.9. The molecule has 0 radical (unpaired) electrons. The lowest BCUT2D eigenvalue weighted by Crippen LogP contribution is -2.15. The van der Waals surface area contributed by atoms with Crippen molar-refractivity contribution in [3.63, 3.8) is 0 Å². The van der Waals surface area contributed by atoms with Gasteiger partial charge in [0.05, 0.1) is 11.5 Å². The van der Waals surface area contributed by atoms with E-state index in [1.807, 2.05) is 18.2 Å². The summed E-state index contributed by atoms with van der Waals surface area (Å²) in [5.41, 5.74) is 0. The molecule has 6 nitrogen and oxygen atoms in total. The first-order valence-electron chi connectivity index (χ1n) is 7.30. The normalized spacial score (nSPS) is 13.5. The van der Waals surface area contributed by atoms with Gasteiger partial charge in [0.2, 0.25) is 10.0 Å². The molecular formula is C16H17NO5S2. The molecule has 0 aromatic heterocycles. The second-order valence-electron chi connectivity index (χ2n) is 5.02. The molecule has 1 aliphatic heterocycles. The van der Waals surface area contributed by atoms with Crippen LogP contribution in [-0.2, 0) is 10.0 Å². The largest absolute Gasteiger partial charge is 0.493 e. The van der Waals surface area contributed by atoms with Crippen LogP contribution in [0.3, 0.4) is 0 Å². The molecule has 0 spiro atoms. The molecule has 0 fully saturated rings. The fourth-order valence-corrected chi connectivity index (χ4v) is 3.43. The van der Waals surface area contributed by atoms with Gasteiger partial charge in [-0.15, -0.1) is 11.8 Å². The zero-order valence-corrected chi connectivity index (χ0v) is 14.4. The van der Waals surface area contributed by atoms with Crippen molar-refractivity contribution in [2.45, 2.75) is 9.79 Å². The number of benzene rings is 2. The Bertz CT molecular complexity index is 806. The molecule has 0 amide bonds. The van der Waals surface area contributed by atoms with Crippen molar-refractivity contribution in [2.75, 3.05) is 25.6 Å². The number of thioether (sulfide) groups is 1. The molecule has 2 aromatic rings. The first-order valence-corrected chi connectivity index (χ1v) is 9.84. The highest BCUT2D eigenvalue weighted by Gasteiger charge is 2.12. The maximum absolute atomic E-state index is 11.2. The van der Waals surface area contributed by atoms with E-state index in [1.54, 1.807) is 23.9 Å². The van der Waals surface area contributed by atoms with Crippen LogP contribution in [0, 0.1) is 0 Å². The van der Waals surface area contributed by atoms with E-state index in [-0.39, 0.29) is 4.90 Å². The lowest BCUT2D eigenvalue weighted by molar-refractivity contribution is 0.171. The summed E-state index contributed by atoms with van der Waals surface area (Å²) in [5.74, 6) is 2.89. The van der Waals surface area contributed by atoms with Crippen LogP contribution in [0.15, 0.2) is 52.3 Å². The molecule has 0 atom stereocenters. The maximum atomic E-state index is 11.2. The van der Waals surface area contributed by atoms with Crippen LogP contribution >= 0.6 is 11.8 Å². The predicted octanol–water partition coefficient (Wildman–Crippen LogP) is 2.28. The first-order chi connectivity index (χ1) is 11.5. The number of nitrogens with two attached hydrogens (primary N) is 1. The Morgan fingerprint density at radius 1 is 1.04 bits per heavy atom. The molecule has 0 saturated heterocycles. The number of sulfonamides is 1. The van der Waals surface area contributed by atoms with Crippen molar-refractivity contribution < 1.29 is 22.6 Å². The Hall–Kier alpha value is -1.90. The lowest BCUT2D eigenvalue weighted by atomic mass is 10.3. The predicted molar refractivity (Wildman–Crippen MR) is 91.5 cm³/mol. The molecule has 24 heavy (non-hydrogen) atoms. The summed E-state index contributed by atoms with van der Waals surface area (Å²) in [6.07, 6.45) is 0. The minimum atomic E-state index is -3.67. The smallest absolute Gasteiger partial charge is 0.238 e. The molecule has 0 saturated carbocycles. The van der Waals surface area contributed by atoms with Crippen LogP contribution in [0.2, 0.25) is 0 Å². The van der Waals surface area contributed by atoms with E-state index in [1.165, 1.54) is 12.1 Å². The zero-order chi connectivity index (χ0) is 17.0. The summed E-state index contributed by atoms with van der Waals surface area (Å²) in [5, 5.41) is 5.05. The van der Waals surface area contributed by atoms with Gasteiger partial charge in [-0.3, -0.25) is 0 Å². The molecule has 128 valence electrons. The monoisotopic (exact) mass is 367 g/mol. The molecule has 3 rings (SSSR count). The zero-order valence-electron chi connectivity index (χ0n) is 12.8. The van der Waals surface area contributed by atoms with E-state index < -0.39 is 10.0 Å². The summed E-state index contributed by atoms with van der Waals surface area (Å²) in [6.45, 7) is 1.64. The quantitative estimate of drug-likeness (QED) is 0.622. The van der Waals surface area contributed by atoms with E-state index in [2.05, 4.69) is 0 Å². The van der Waals surface area contributed by atoms with Gasteiger partial charge >= 0.3 is 0 Å². The second-order valence-corrected chi connectivity index (χ2v) is 7.75. The number of primary sulfonamides is 1. The molecule has 0 aliphatic carbocycles. The van der Waals surface area contributed by atoms with Crippen molar-refractivity contribution in [2.24, 2.45) is 5.14 Å². The molecule has 2 N–H and O–H groups in total. The van der Waals surface area contributed by atoms with E-state index in [4.69, 9.17) is 19.3 Å². The van der Waals surface area contributed by atoms with Gasteiger partial charge in [0.15, 0.2) is 11.5 Å². The maximum Gasteiger partial charge on any atom is 0.238 e. The Morgan fingerprint density at radius 2 is 1.75 bits per heavy atom. The van der Waals surface area contributed by atoms with Gasteiger partial charge in [0.1, 0.15) is 19.0 Å². The van der Waals surface area contributed by atoms with Crippen LogP contribution in [0.4, 0.5) is 0 Å². The average Bonchev–Trinajstić information content (AvgIpc) is 2.58. The number of hydrogen-bond acceptors (Lipinski definition) is 6. The third-order valence-electron chi connectivity index (χ3n) is 3.29. The fraction of sp³-hybridized carbons (Fsp3) is 0.250. The lowest BCUT2D eigenvalue weighted by Gasteiger charge is -2.18. The standard InChI is InChI=1S/C16H17NO5S2/c17-24(18,19)14-4-1-12(2-5-14)20-9-10-23-13-3-6-15-16(11-13)22-8-7-21-15/h1-6,11H,7-10H2,(H2,17,18,19). The van der Waals surface area contributed by atoms with Crippen LogP contribution in [-0.4, -0.2) is 34.0 Å². The van der Waals surface area contributed by atoms with Gasteiger partial charge < -0.3 is 14.2 Å². The minimum absolute atomic E-state index is 0.0699. The molecule has 1 heterocycles. The van der Waals surface area contributed by atoms with Gasteiger partial charge in [-0.1, -0.05) is 0 Å². The highest BCUT2D eigenvalue weighted by molar-refractivity contribution is 7.99. The minimum Gasteiger partial charge on any atom is -0.493 e. The number of rotatable bonds is 6. The van der Waals surface area contributed by atoms with Gasteiger partial charge in [-0.25, -0.2) is 13.6 Å². The summed E-state index contributed by atoms with van der Waals surface area (Å²) < 4.78 is 39.0. The molecule has 0 bridgehead atoms. The number of ether oxygens (including phenoxy) is 3. The van der Waals surface area contributed by atoms with Crippen LogP contribution < -0.4 is 19.3 Å². The Labute approximate surface area is 145 Å². The molecule has 2 aromatic carbocycles.